The number of rotatable bonds is 8. The Morgan fingerprint density at radius 2 is 1.08 bits per heavy atom. The van der Waals surface area contributed by atoms with Crippen molar-refractivity contribution in [2.45, 2.75) is 26.2 Å². The van der Waals surface area contributed by atoms with Gasteiger partial charge in [-0.2, -0.15) is 0 Å². The maximum absolute atomic E-state index is 7.01. The lowest BCUT2D eigenvalue weighted by Crippen LogP contribution is -2.26. The van der Waals surface area contributed by atoms with Crippen LogP contribution in [-0.2, 0) is 5.41 Å². The first-order valence-corrected chi connectivity index (χ1v) is 22.6. The van der Waals surface area contributed by atoms with E-state index in [4.69, 9.17) is 9.72 Å². The summed E-state index contributed by atoms with van der Waals surface area (Å²) in [5.41, 5.74) is 13.4. The molecular weight excluding hydrogens is 807 g/mol. The third-order valence-electron chi connectivity index (χ3n) is 13.0. The van der Waals surface area contributed by atoms with Gasteiger partial charge in [-0.05, 0) is 94.4 Å². The standard InChI is InChI=1S/C60H47N5O/c1-60(2,3)44-33-47(62-39-58(42-20-10-5-11-21-42)63(40-62)45-22-12-6-13-23-45)35-49(34-44)66-48-29-30-51-52-32-43(41-18-8-4-9-19-41)28-31-55(52)65(56(51)36-48)59-37-57-53(38-61-59)50-26-16-17-27-54(50)64(57)46-24-14-7-15-25-46/h4-39H,40H2,1-3H3. The van der Waals surface area contributed by atoms with Crippen molar-refractivity contribution < 1.29 is 4.74 Å². The number of para-hydroxylation sites is 3. The van der Waals surface area contributed by atoms with Gasteiger partial charge in [-0.25, -0.2) is 4.98 Å². The lowest BCUT2D eigenvalue weighted by molar-refractivity contribution is 0.479. The molecule has 3 aromatic heterocycles. The number of fused-ring (bicyclic) bond motifs is 6. The summed E-state index contributed by atoms with van der Waals surface area (Å²) in [6.45, 7) is 7.45. The Labute approximate surface area is 384 Å². The molecular formula is C60H47N5O. The summed E-state index contributed by atoms with van der Waals surface area (Å²) in [6.07, 6.45) is 4.31. The smallest absolute Gasteiger partial charge is 0.139 e. The molecule has 11 aromatic rings. The van der Waals surface area contributed by atoms with Crippen LogP contribution in [0.1, 0.15) is 31.9 Å². The third-order valence-corrected chi connectivity index (χ3v) is 13.0. The number of ether oxygens (including phenoxy) is 1. The molecule has 0 bridgehead atoms. The minimum atomic E-state index is -0.127. The van der Waals surface area contributed by atoms with Gasteiger partial charge >= 0.3 is 0 Å². The Hall–Kier alpha value is -8.35. The highest BCUT2D eigenvalue weighted by Crippen LogP contribution is 2.42. The molecule has 1 aliphatic heterocycles. The van der Waals surface area contributed by atoms with Crippen molar-refractivity contribution in [3.63, 3.8) is 0 Å². The van der Waals surface area contributed by atoms with E-state index in [9.17, 15) is 0 Å². The van der Waals surface area contributed by atoms with Gasteiger partial charge in [0.15, 0.2) is 0 Å². The quantitative estimate of drug-likeness (QED) is 0.153. The van der Waals surface area contributed by atoms with Crippen molar-refractivity contribution >= 4 is 60.7 Å². The molecule has 0 saturated heterocycles. The molecule has 12 rings (SSSR count). The van der Waals surface area contributed by atoms with Crippen molar-refractivity contribution in [2.75, 3.05) is 16.5 Å². The summed E-state index contributed by atoms with van der Waals surface area (Å²) in [5, 5.41) is 4.56. The highest BCUT2D eigenvalue weighted by Gasteiger charge is 2.27. The summed E-state index contributed by atoms with van der Waals surface area (Å²) in [7, 11) is 0. The maximum Gasteiger partial charge on any atom is 0.139 e. The van der Waals surface area contributed by atoms with Crippen LogP contribution in [-0.4, -0.2) is 20.8 Å². The van der Waals surface area contributed by atoms with Gasteiger partial charge < -0.3 is 19.1 Å². The number of benzene rings is 8. The molecule has 0 unspecified atom stereocenters. The molecule has 8 aromatic carbocycles. The minimum absolute atomic E-state index is 0.127. The zero-order valence-corrected chi connectivity index (χ0v) is 37.1. The third kappa shape index (κ3) is 6.86. The monoisotopic (exact) mass is 853 g/mol. The fourth-order valence-corrected chi connectivity index (χ4v) is 9.64. The minimum Gasteiger partial charge on any atom is -0.457 e. The molecule has 66 heavy (non-hydrogen) atoms. The SMILES string of the molecule is CC(C)(C)c1cc(Oc2ccc3c4cc(-c5ccccc5)ccc4n(-c4cc5c(cn4)c4ccccc4n5-c4ccccc4)c3c2)cc(N2C=C(c3ccccc3)N(c3ccccc3)C2)c1. The van der Waals surface area contributed by atoms with Crippen LogP contribution >= 0.6 is 0 Å². The van der Waals surface area contributed by atoms with E-state index in [1.807, 2.05) is 6.20 Å². The van der Waals surface area contributed by atoms with Crippen molar-refractivity contribution in [3.8, 4) is 34.1 Å². The van der Waals surface area contributed by atoms with Crippen LogP contribution in [0.5, 0.6) is 11.5 Å². The van der Waals surface area contributed by atoms with Crippen LogP contribution in [0.3, 0.4) is 0 Å². The van der Waals surface area contributed by atoms with Crippen LogP contribution in [0.15, 0.2) is 219 Å². The van der Waals surface area contributed by atoms with Gasteiger partial charge in [0.1, 0.15) is 17.3 Å². The average Bonchev–Trinajstić information content (AvgIpc) is 4.05. The second-order valence-corrected chi connectivity index (χ2v) is 18.2. The van der Waals surface area contributed by atoms with Crippen LogP contribution in [0.2, 0.25) is 0 Å². The van der Waals surface area contributed by atoms with E-state index in [1.165, 1.54) is 27.6 Å². The van der Waals surface area contributed by atoms with E-state index in [-0.39, 0.29) is 5.41 Å². The Kier molecular flexibility index (Phi) is 9.35. The van der Waals surface area contributed by atoms with Gasteiger partial charge in [-0.15, -0.1) is 0 Å². The Bertz CT molecular complexity index is 3620. The molecule has 0 aliphatic carbocycles. The number of nitrogens with zero attached hydrogens (tertiary/aromatic N) is 5. The van der Waals surface area contributed by atoms with Crippen LogP contribution < -0.4 is 14.5 Å². The lowest BCUT2D eigenvalue weighted by atomic mass is 9.86. The average molecular weight is 854 g/mol. The summed E-state index contributed by atoms with van der Waals surface area (Å²) >= 11 is 0. The predicted molar refractivity (Wildman–Crippen MR) is 274 cm³/mol. The van der Waals surface area contributed by atoms with Crippen molar-refractivity contribution in [1.29, 1.82) is 0 Å². The molecule has 0 fully saturated rings. The molecule has 1 aliphatic rings. The molecule has 0 spiro atoms. The number of hydrogen-bond donors (Lipinski definition) is 0. The van der Waals surface area contributed by atoms with Gasteiger partial charge in [-0.3, -0.25) is 4.57 Å². The number of aromatic nitrogens is 3. The van der Waals surface area contributed by atoms with E-state index < -0.39 is 0 Å². The number of anilines is 2. The fourth-order valence-electron chi connectivity index (χ4n) is 9.64. The van der Waals surface area contributed by atoms with E-state index in [2.05, 4.69) is 252 Å². The molecule has 0 radical (unpaired) electrons. The summed E-state index contributed by atoms with van der Waals surface area (Å²) in [5.74, 6) is 2.37. The van der Waals surface area contributed by atoms with Crippen molar-refractivity contribution in [2.24, 2.45) is 0 Å². The van der Waals surface area contributed by atoms with Gasteiger partial charge in [-0.1, -0.05) is 142 Å². The first-order valence-electron chi connectivity index (χ1n) is 22.6. The summed E-state index contributed by atoms with van der Waals surface area (Å²) in [4.78, 5) is 9.95. The molecule has 318 valence electrons. The highest BCUT2D eigenvalue weighted by atomic mass is 16.5. The molecule has 6 nitrogen and oxygen atoms in total. The Morgan fingerprint density at radius 3 is 1.82 bits per heavy atom. The van der Waals surface area contributed by atoms with Crippen LogP contribution in [0, 0.1) is 0 Å². The predicted octanol–water partition coefficient (Wildman–Crippen LogP) is 15.3. The first-order chi connectivity index (χ1) is 32.3. The normalized spacial score (nSPS) is 13.0. The second-order valence-electron chi connectivity index (χ2n) is 18.2. The molecule has 4 heterocycles. The Morgan fingerprint density at radius 1 is 0.439 bits per heavy atom. The van der Waals surface area contributed by atoms with Gasteiger partial charge in [0.25, 0.3) is 0 Å². The number of pyridine rings is 1. The van der Waals surface area contributed by atoms with E-state index >= 15 is 0 Å². The van der Waals surface area contributed by atoms with E-state index in [1.54, 1.807) is 0 Å². The molecule has 0 N–H and O–H groups in total. The highest BCUT2D eigenvalue weighted by molar-refractivity contribution is 6.12. The van der Waals surface area contributed by atoms with Gasteiger partial charge in [0.2, 0.25) is 0 Å². The van der Waals surface area contributed by atoms with Gasteiger partial charge in [0.05, 0.1) is 34.4 Å². The van der Waals surface area contributed by atoms with Crippen LogP contribution in [0.4, 0.5) is 11.4 Å². The zero-order chi connectivity index (χ0) is 44.4. The van der Waals surface area contributed by atoms with E-state index in [0.29, 0.717) is 6.67 Å². The lowest BCUT2D eigenvalue weighted by Gasteiger charge is -2.26. The van der Waals surface area contributed by atoms with Gasteiger partial charge in [0, 0.05) is 69.2 Å². The Balaban J connectivity index is 1.01. The van der Waals surface area contributed by atoms with E-state index in [0.717, 1.165) is 78.3 Å². The molecule has 6 heteroatoms. The van der Waals surface area contributed by atoms with Crippen molar-refractivity contribution in [3.05, 3.63) is 230 Å². The largest absolute Gasteiger partial charge is 0.457 e. The zero-order valence-electron chi connectivity index (χ0n) is 37.1. The molecule has 0 amide bonds. The summed E-state index contributed by atoms with van der Waals surface area (Å²) < 4.78 is 11.7. The fraction of sp³-hybridized carbons (Fsp3) is 0.0833. The first kappa shape index (κ1) is 39.3. The van der Waals surface area contributed by atoms with Crippen LogP contribution in [0.25, 0.3) is 71.9 Å². The van der Waals surface area contributed by atoms with Crippen molar-refractivity contribution in [1.82, 2.24) is 14.1 Å². The topological polar surface area (TPSA) is 38.5 Å². The molecule has 0 saturated carbocycles. The number of hydrogen-bond acceptors (Lipinski definition) is 4. The summed E-state index contributed by atoms with van der Waals surface area (Å²) in [6, 6.07) is 73.2. The second kappa shape index (κ2) is 15.7. The molecule has 0 atom stereocenters. The maximum atomic E-state index is 7.01.